The summed E-state index contributed by atoms with van der Waals surface area (Å²) in [6, 6.07) is 34.0. The molecule has 0 atom stereocenters. The van der Waals surface area contributed by atoms with Crippen LogP contribution in [0.1, 0.15) is 25.7 Å². The Morgan fingerprint density at radius 1 is 0.526 bits per heavy atom. The first-order chi connectivity index (χ1) is 26.5. The Labute approximate surface area is 388 Å². The van der Waals surface area contributed by atoms with Crippen molar-refractivity contribution in [2.24, 2.45) is 0 Å². The Morgan fingerprint density at radius 3 is 1.56 bits per heavy atom. The van der Waals surface area contributed by atoms with Crippen LogP contribution in [0.2, 0.25) is 0 Å². The van der Waals surface area contributed by atoms with E-state index in [4.69, 9.17) is 9.47 Å². The van der Waals surface area contributed by atoms with Gasteiger partial charge >= 0.3 is 59.1 Å². The van der Waals surface area contributed by atoms with E-state index in [-0.39, 0.29) is 85.2 Å². The smallest absolute Gasteiger partial charge is 0.748 e. The number of nitrogens with zero attached hydrogens (tertiary/aromatic N) is 2. The molecule has 17 heteroatoms. The van der Waals surface area contributed by atoms with Crippen LogP contribution in [0.5, 0.6) is 11.5 Å². The van der Waals surface area contributed by atoms with Crippen molar-refractivity contribution in [3.8, 4) is 65.1 Å². The van der Waals surface area contributed by atoms with E-state index in [2.05, 4.69) is 44.5 Å². The van der Waals surface area contributed by atoms with Gasteiger partial charge in [0.1, 0.15) is 22.5 Å². The zero-order valence-corrected chi connectivity index (χ0v) is 39.3. The van der Waals surface area contributed by atoms with Gasteiger partial charge in [-0.15, -0.1) is 22.7 Å². The molecule has 0 aliphatic heterocycles. The van der Waals surface area contributed by atoms with E-state index in [1.165, 1.54) is 11.7 Å². The van der Waals surface area contributed by atoms with E-state index in [9.17, 15) is 25.9 Å². The Hall–Kier alpha value is -2.48. The van der Waals surface area contributed by atoms with Crippen molar-refractivity contribution in [1.29, 1.82) is 0 Å². The fourth-order valence-electron chi connectivity index (χ4n) is 6.14. The van der Waals surface area contributed by atoms with Gasteiger partial charge in [0.2, 0.25) is 0 Å². The largest absolute Gasteiger partial charge is 1.00 e. The molecule has 7 rings (SSSR count). The molecule has 10 nitrogen and oxygen atoms in total. The predicted molar refractivity (Wildman–Crippen MR) is 219 cm³/mol. The molecule has 0 saturated carbocycles. The van der Waals surface area contributed by atoms with Crippen LogP contribution in [0.25, 0.3) is 64.6 Å². The molecule has 0 saturated heterocycles. The molecule has 0 N–H and O–H groups in total. The second kappa shape index (κ2) is 20.7. The summed E-state index contributed by atoms with van der Waals surface area (Å²) in [5, 5.41) is 2.06. The molecule has 0 aliphatic rings. The van der Waals surface area contributed by atoms with Crippen LogP contribution in [0.4, 0.5) is 0 Å². The normalized spacial score (nSPS) is 11.5. The summed E-state index contributed by atoms with van der Waals surface area (Å²) in [5.41, 5.74) is 8.10. The minimum absolute atomic E-state index is 0. The van der Waals surface area contributed by atoms with Gasteiger partial charge in [-0.3, -0.25) is 0 Å². The van der Waals surface area contributed by atoms with Crippen LogP contribution >= 0.6 is 34.4 Å². The maximum absolute atomic E-state index is 11.2. The number of benzene rings is 4. The predicted octanol–water partition coefficient (Wildman–Crippen LogP) is 3.57. The van der Waals surface area contributed by atoms with E-state index in [1.807, 2.05) is 72.8 Å². The Bertz CT molecular complexity index is 2620. The Kier molecular flexibility index (Phi) is 16.5. The first-order valence-electron chi connectivity index (χ1n) is 17.4. The zero-order chi connectivity index (χ0) is 38.4. The van der Waals surface area contributed by atoms with Crippen LogP contribution in [0.15, 0.2) is 109 Å². The first kappa shape index (κ1) is 45.6. The van der Waals surface area contributed by atoms with E-state index in [0.717, 1.165) is 64.6 Å². The molecule has 57 heavy (non-hydrogen) atoms. The quantitative estimate of drug-likeness (QED) is 0.0753. The molecule has 3 aromatic heterocycles. The molecule has 0 amide bonds. The van der Waals surface area contributed by atoms with E-state index in [1.54, 1.807) is 22.7 Å². The minimum Gasteiger partial charge on any atom is -0.748 e. The topological polar surface area (TPSA) is 159 Å². The van der Waals surface area contributed by atoms with Gasteiger partial charge in [-0.1, -0.05) is 72.8 Å². The van der Waals surface area contributed by atoms with Crippen LogP contribution in [-0.4, -0.2) is 59.4 Å². The van der Waals surface area contributed by atoms with Crippen molar-refractivity contribution in [3.05, 3.63) is 109 Å². The maximum Gasteiger partial charge on any atom is 1.00 e. The standard InChI is InChI=1S/C40H36N2O8S5.2Na/c43-54(44,45)23-6-4-20-49-34-26-33(35(50-21-5-7-24-55(46,47)48)25-32(34)27-9-2-1-3-10-27)28-12-14-29(15-13-28)36-18-19-38(52-36)31-17-16-30(37-11-8-22-51-37)39-40(31)42-53-41-39;;/h1-3,8-19,22,25-26H,4-7,20-21,23-24H2,(H,43,44,45)(H,46,47,48);;/q;2*+1/p-2. The zero-order valence-electron chi connectivity index (χ0n) is 31.3. The average Bonchev–Trinajstić information content (AvgIpc) is 3.97. The first-order valence-corrected chi connectivity index (χ1v) is 23.0. The third-order valence-corrected chi connectivity index (χ3v) is 13.0. The summed E-state index contributed by atoms with van der Waals surface area (Å²) < 4.78 is 88.6. The molecule has 0 fully saturated rings. The van der Waals surface area contributed by atoms with Crippen molar-refractivity contribution < 1.29 is 94.5 Å². The van der Waals surface area contributed by atoms with Crippen LogP contribution in [0.3, 0.4) is 0 Å². The van der Waals surface area contributed by atoms with Gasteiger partial charge in [0.05, 0.1) is 45.2 Å². The minimum atomic E-state index is -4.33. The van der Waals surface area contributed by atoms with Gasteiger partial charge in [-0.2, -0.15) is 8.75 Å². The number of fused-ring (bicyclic) bond motifs is 1. The van der Waals surface area contributed by atoms with Crippen molar-refractivity contribution in [2.75, 3.05) is 24.7 Å². The Morgan fingerprint density at radius 2 is 1.04 bits per heavy atom. The number of hydrogen-bond acceptors (Lipinski definition) is 13. The number of thiophene rings is 2. The molecule has 0 bridgehead atoms. The second-order valence-corrected chi connectivity index (χ2v) is 18.3. The van der Waals surface area contributed by atoms with Gasteiger partial charge in [-0.25, -0.2) is 16.8 Å². The fourth-order valence-corrected chi connectivity index (χ4v) is 9.62. The SMILES string of the molecule is O=S(=O)([O-])CCCCOc1cc(-c2ccc(-c3ccc(-c4ccc(-c5cccs5)c5nsnc45)s3)cc2)c(OCCCCS(=O)(=O)[O-])cc1-c1ccccc1.[Na+].[Na+]. The average molecular weight is 877 g/mol. The van der Waals surface area contributed by atoms with Crippen molar-refractivity contribution in [2.45, 2.75) is 25.7 Å². The molecule has 3 heterocycles. The van der Waals surface area contributed by atoms with Crippen molar-refractivity contribution >= 4 is 65.7 Å². The van der Waals surface area contributed by atoms with E-state index < -0.39 is 31.7 Å². The number of rotatable bonds is 17. The third kappa shape index (κ3) is 12.1. The van der Waals surface area contributed by atoms with Gasteiger partial charge < -0.3 is 18.6 Å². The van der Waals surface area contributed by atoms with Crippen molar-refractivity contribution in [3.63, 3.8) is 0 Å². The molecule has 0 radical (unpaired) electrons. The summed E-state index contributed by atoms with van der Waals surface area (Å²) in [6.07, 6.45) is 1.08. The molecule has 284 valence electrons. The molecule has 0 aliphatic carbocycles. The van der Waals surface area contributed by atoms with E-state index in [0.29, 0.717) is 24.3 Å². The van der Waals surface area contributed by atoms with Gasteiger partial charge in [0.25, 0.3) is 0 Å². The molecule has 4 aromatic carbocycles. The molecule has 7 aromatic rings. The summed E-state index contributed by atoms with van der Waals surface area (Å²) >= 11 is 4.56. The molecule has 0 spiro atoms. The molecular formula is C40H34N2Na2O8S5. The van der Waals surface area contributed by atoms with E-state index >= 15 is 0 Å². The summed E-state index contributed by atoms with van der Waals surface area (Å²) in [7, 11) is -8.65. The van der Waals surface area contributed by atoms with Gasteiger partial charge in [0, 0.05) is 48.4 Å². The number of unbranched alkanes of at least 4 members (excludes halogenated alkanes) is 2. The van der Waals surface area contributed by atoms with Crippen LogP contribution < -0.4 is 68.6 Å². The maximum atomic E-state index is 11.2. The third-order valence-electron chi connectivity index (χ3n) is 8.81. The second-order valence-electron chi connectivity index (χ2n) is 12.7. The summed E-state index contributed by atoms with van der Waals surface area (Å²) in [5.74, 6) is 0.180. The van der Waals surface area contributed by atoms with Crippen LogP contribution in [-0.2, 0) is 20.2 Å². The summed E-state index contributed by atoms with van der Waals surface area (Å²) in [6.45, 7) is 0.380. The number of ether oxygens (including phenoxy) is 2. The number of hydrogen-bond donors (Lipinski definition) is 0. The van der Waals surface area contributed by atoms with Crippen molar-refractivity contribution in [1.82, 2.24) is 8.75 Å². The molecule has 0 unspecified atom stereocenters. The monoisotopic (exact) mass is 876 g/mol. The number of aromatic nitrogens is 2. The van der Waals surface area contributed by atoms with Gasteiger partial charge in [-0.05, 0) is 78.1 Å². The molecular weight excluding hydrogens is 843 g/mol. The fraction of sp³-hybridized carbons (Fsp3) is 0.200. The summed E-state index contributed by atoms with van der Waals surface area (Å²) in [4.78, 5) is 3.32. The van der Waals surface area contributed by atoms with Gasteiger partial charge in [0.15, 0.2) is 0 Å². The van der Waals surface area contributed by atoms with Crippen LogP contribution in [0, 0.1) is 0 Å². The Balaban J connectivity index is 0.00000310.